The Bertz CT molecular complexity index is 1340. The van der Waals surface area contributed by atoms with Gasteiger partial charge in [-0.3, -0.25) is 14.8 Å². The quantitative estimate of drug-likeness (QED) is 0.588. The molecule has 160 valence electrons. The van der Waals surface area contributed by atoms with Gasteiger partial charge in [-0.05, 0) is 45.4 Å². The zero-order valence-corrected chi connectivity index (χ0v) is 18.4. The van der Waals surface area contributed by atoms with Gasteiger partial charge in [0.15, 0.2) is 5.82 Å². The van der Waals surface area contributed by atoms with Crippen LogP contribution >= 0.6 is 0 Å². The van der Waals surface area contributed by atoms with Gasteiger partial charge in [0, 0.05) is 35.3 Å². The molecule has 3 aromatic heterocycles. The van der Waals surface area contributed by atoms with Crippen LogP contribution in [-0.2, 0) is 14.8 Å². The second-order valence-corrected chi connectivity index (χ2v) is 9.39. The molecule has 4 rings (SSSR count). The smallest absolute Gasteiger partial charge is 0.258 e. The summed E-state index contributed by atoms with van der Waals surface area (Å²) in [5.41, 5.74) is 5.42. The van der Waals surface area contributed by atoms with Crippen LogP contribution in [0.2, 0.25) is 0 Å². The average Bonchev–Trinajstić information content (AvgIpc) is 3.26. The molecule has 0 fully saturated rings. The van der Waals surface area contributed by atoms with E-state index in [4.69, 9.17) is 0 Å². The molecule has 0 unspecified atom stereocenters. The van der Waals surface area contributed by atoms with Crippen LogP contribution in [0.3, 0.4) is 0 Å². The van der Waals surface area contributed by atoms with Gasteiger partial charge in [0.1, 0.15) is 0 Å². The summed E-state index contributed by atoms with van der Waals surface area (Å²) in [5, 5.41) is 10.0. The number of rotatable bonds is 5. The van der Waals surface area contributed by atoms with E-state index in [-0.39, 0.29) is 11.7 Å². The molecule has 2 N–H and O–H groups in total. The van der Waals surface area contributed by atoms with Gasteiger partial charge in [0.2, 0.25) is 0 Å². The highest BCUT2D eigenvalue weighted by Crippen LogP contribution is 2.36. The van der Waals surface area contributed by atoms with Crippen molar-refractivity contribution in [2.45, 2.75) is 27.7 Å². The summed E-state index contributed by atoms with van der Waals surface area (Å²) in [4.78, 5) is 21.3. The molecule has 9 nitrogen and oxygen atoms in total. The first-order valence-corrected chi connectivity index (χ1v) is 11.3. The topological polar surface area (TPSA) is 119 Å². The van der Waals surface area contributed by atoms with Crippen LogP contribution in [0.15, 0.2) is 42.5 Å². The highest BCUT2D eigenvalue weighted by Gasteiger charge is 2.28. The molecule has 1 aliphatic rings. The van der Waals surface area contributed by atoms with Crippen molar-refractivity contribution in [2.24, 2.45) is 0 Å². The van der Waals surface area contributed by atoms with Gasteiger partial charge in [0.05, 0.1) is 34.6 Å². The largest absolute Gasteiger partial charge is 0.342 e. The molecule has 10 heteroatoms. The molecule has 31 heavy (non-hydrogen) atoms. The van der Waals surface area contributed by atoms with Gasteiger partial charge >= 0.3 is 0 Å². The lowest BCUT2D eigenvalue weighted by Gasteiger charge is -2.09. The Kier molecular flexibility index (Phi) is 5.10. The van der Waals surface area contributed by atoms with Gasteiger partial charge in [-0.2, -0.15) is 4.09 Å². The molecule has 0 saturated carbocycles. The number of carbonyl (C=O) groups excluding carboxylic acids is 1. The number of hydrogen-bond acceptors (Lipinski definition) is 7. The molecular weight excluding hydrogens is 416 g/mol. The van der Waals surface area contributed by atoms with Gasteiger partial charge in [-0.1, -0.05) is 0 Å². The molecule has 3 aromatic rings. The Morgan fingerprint density at radius 3 is 2.68 bits per heavy atom. The Hall–Kier alpha value is -3.53. The van der Waals surface area contributed by atoms with Crippen molar-refractivity contribution in [3.63, 3.8) is 0 Å². The lowest BCUT2D eigenvalue weighted by molar-refractivity contribution is -0.110. The van der Waals surface area contributed by atoms with E-state index in [1.165, 1.54) is 0 Å². The maximum atomic E-state index is 12.7. The number of nitrogens with one attached hydrogen (secondary N) is 2. The van der Waals surface area contributed by atoms with E-state index in [1.807, 2.05) is 19.1 Å². The highest BCUT2D eigenvalue weighted by molar-refractivity contribution is 7.89. The van der Waals surface area contributed by atoms with Crippen molar-refractivity contribution < 1.29 is 13.2 Å². The minimum atomic E-state index is -3.51. The molecule has 4 heterocycles. The first-order valence-electron chi connectivity index (χ1n) is 9.72. The van der Waals surface area contributed by atoms with Gasteiger partial charge in [0.25, 0.3) is 15.9 Å². The number of allylic oxidation sites excluding steroid dienone is 1. The van der Waals surface area contributed by atoms with Crippen LogP contribution in [0.5, 0.6) is 0 Å². The third kappa shape index (κ3) is 3.70. The predicted octanol–water partition coefficient (Wildman–Crippen LogP) is 2.95. The van der Waals surface area contributed by atoms with E-state index in [2.05, 4.69) is 25.7 Å². The van der Waals surface area contributed by atoms with Gasteiger partial charge < -0.3 is 10.6 Å². The monoisotopic (exact) mass is 438 g/mol. The molecule has 0 aliphatic carbocycles. The van der Waals surface area contributed by atoms with Crippen molar-refractivity contribution in [2.75, 3.05) is 16.4 Å². The summed E-state index contributed by atoms with van der Waals surface area (Å²) in [7, 11) is -3.51. The Balaban J connectivity index is 1.74. The fraction of sp³-hybridized carbons (Fsp3) is 0.238. The number of carbonyl (C=O) groups is 1. The zero-order valence-electron chi connectivity index (χ0n) is 17.6. The van der Waals surface area contributed by atoms with Crippen LogP contribution in [0, 0.1) is 13.8 Å². The van der Waals surface area contributed by atoms with E-state index < -0.39 is 10.0 Å². The number of aryl methyl sites for hydroxylation is 2. The number of anilines is 2. The number of amides is 1. The number of fused-ring (bicyclic) bond motifs is 1. The van der Waals surface area contributed by atoms with Crippen molar-refractivity contribution in [3.8, 4) is 11.3 Å². The molecule has 0 bridgehead atoms. The van der Waals surface area contributed by atoms with Crippen LogP contribution in [0.1, 0.15) is 30.7 Å². The number of aromatic nitrogens is 4. The molecule has 0 atom stereocenters. The van der Waals surface area contributed by atoms with Gasteiger partial charge in [-0.25, -0.2) is 8.42 Å². The Morgan fingerprint density at radius 2 is 1.97 bits per heavy atom. The predicted molar refractivity (Wildman–Crippen MR) is 119 cm³/mol. The standard InChI is InChI=1S/C21H22N6O3S/c1-5-31(29,30)27-13(3)8-19(26-27)24-14(4)20-15-9-17(16-10-22-7-6-12(16)2)23-11-18(15)25-21(20)28/h6-11H,5H2,1-4H3,(H,24,26)(H,25,28)/b20-14-. The van der Waals surface area contributed by atoms with Crippen molar-refractivity contribution in [1.29, 1.82) is 0 Å². The summed E-state index contributed by atoms with van der Waals surface area (Å²) in [6.07, 6.45) is 5.09. The van der Waals surface area contributed by atoms with Crippen LogP contribution in [0.25, 0.3) is 16.8 Å². The van der Waals surface area contributed by atoms with E-state index >= 15 is 0 Å². The second kappa shape index (κ2) is 7.62. The summed E-state index contributed by atoms with van der Waals surface area (Å²) in [6.45, 7) is 6.95. The maximum absolute atomic E-state index is 12.7. The minimum Gasteiger partial charge on any atom is -0.342 e. The van der Waals surface area contributed by atoms with E-state index in [0.717, 1.165) is 15.2 Å². The first kappa shape index (κ1) is 20.7. The number of pyridine rings is 2. The van der Waals surface area contributed by atoms with E-state index in [1.54, 1.807) is 45.4 Å². The normalized spacial score (nSPS) is 14.9. The third-order valence-electron chi connectivity index (χ3n) is 5.13. The van der Waals surface area contributed by atoms with Gasteiger partial charge in [-0.15, -0.1) is 5.10 Å². The molecule has 0 saturated heterocycles. The SMILES string of the molecule is CCS(=O)(=O)n1nc(N/C(C)=C2\C(=O)Nc3cnc(-c4cnccc4C)cc32)cc1C. The molecule has 1 amide bonds. The van der Waals surface area contributed by atoms with Crippen LogP contribution in [0.4, 0.5) is 11.5 Å². The molecule has 1 aliphatic heterocycles. The van der Waals surface area contributed by atoms with E-state index in [9.17, 15) is 13.2 Å². The number of hydrogen-bond donors (Lipinski definition) is 2. The fourth-order valence-corrected chi connectivity index (χ4v) is 4.45. The zero-order chi connectivity index (χ0) is 22.3. The molecular formula is C21H22N6O3S. The second-order valence-electron chi connectivity index (χ2n) is 7.30. The molecule has 0 aromatic carbocycles. The minimum absolute atomic E-state index is 0.0612. The lowest BCUT2D eigenvalue weighted by Crippen LogP contribution is -2.17. The fourth-order valence-electron chi connectivity index (χ4n) is 3.50. The van der Waals surface area contributed by atoms with Crippen LogP contribution in [-0.4, -0.2) is 39.2 Å². The lowest BCUT2D eigenvalue weighted by atomic mass is 10.0. The average molecular weight is 439 g/mol. The summed E-state index contributed by atoms with van der Waals surface area (Å²) < 4.78 is 25.4. The van der Waals surface area contributed by atoms with Crippen molar-refractivity contribution >= 4 is 33.0 Å². The van der Waals surface area contributed by atoms with E-state index in [0.29, 0.717) is 39.7 Å². The number of nitrogens with zero attached hydrogens (tertiary/aromatic N) is 4. The van der Waals surface area contributed by atoms with Crippen LogP contribution < -0.4 is 10.6 Å². The summed E-state index contributed by atoms with van der Waals surface area (Å²) in [5.74, 6) is 0.0197. The first-order chi connectivity index (χ1) is 14.7. The summed E-state index contributed by atoms with van der Waals surface area (Å²) >= 11 is 0. The maximum Gasteiger partial charge on any atom is 0.258 e. The van der Waals surface area contributed by atoms with Crippen molar-refractivity contribution in [3.05, 3.63) is 59.3 Å². The molecule has 0 radical (unpaired) electrons. The third-order valence-corrected chi connectivity index (χ3v) is 6.75. The van der Waals surface area contributed by atoms with Crippen molar-refractivity contribution in [1.82, 2.24) is 19.2 Å². The summed E-state index contributed by atoms with van der Waals surface area (Å²) in [6, 6.07) is 5.38. The molecule has 0 spiro atoms. The highest BCUT2D eigenvalue weighted by atomic mass is 32.2. The Morgan fingerprint density at radius 1 is 1.19 bits per heavy atom. The Labute approximate surface area is 180 Å².